The van der Waals surface area contributed by atoms with E-state index < -0.39 is 11.7 Å². The van der Waals surface area contributed by atoms with E-state index in [9.17, 15) is 13.2 Å². The van der Waals surface area contributed by atoms with Crippen LogP contribution in [0, 0.1) is 0 Å². The van der Waals surface area contributed by atoms with Crippen LogP contribution in [-0.2, 0) is 12.6 Å². The van der Waals surface area contributed by atoms with E-state index in [-0.39, 0.29) is 0 Å². The van der Waals surface area contributed by atoms with Gasteiger partial charge in [-0.05, 0) is 31.0 Å². The number of benzene rings is 1. The van der Waals surface area contributed by atoms with Crippen molar-refractivity contribution in [3.8, 4) is 0 Å². The molecule has 1 aromatic rings. The molecule has 0 saturated carbocycles. The van der Waals surface area contributed by atoms with E-state index in [1.807, 2.05) is 39.5 Å². The van der Waals surface area contributed by atoms with Gasteiger partial charge >= 0.3 is 6.18 Å². The van der Waals surface area contributed by atoms with Gasteiger partial charge in [-0.2, -0.15) is 13.2 Å². The normalized spacial score (nSPS) is 12.9. The van der Waals surface area contributed by atoms with E-state index >= 15 is 0 Å². The molecule has 0 N–H and O–H groups in total. The molecule has 0 amide bonds. The number of rotatable bonds is 1. The maximum Gasteiger partial charge on any atom is 0.416 e. The molecule has 0 spiro atoms. The third-order valence-electron chi connectivity index (χ3n) is 2.79. The van der Waals surface area contributed by atoms with Gasteiger partial charge in [-0.1, -0.05) is 33.8 Å². The Morgan fingerprint density at radius 1 is 1.11 bits per heavy atom. The number of hydrogen-bond acceptors (Lipinski definition) is 1. The van der Waals surface area contributed by atoms with Gasteiger partial charge < -0.3 is 4.90 Å². The standard InChI is InChI=1S/C11H12F3N.2C2H6/c1-2-15-6-5-8-3-4-9(7-10(8)15)11(12,13)14;2*1-2/h3-4,7H,2,5-6H2,1H3;2*1-2H3. The molecule has 0 bridgehead atoms. The van der Waals surface area contributed by atoms with Crippen molar-refractivity contribution >= 4 is 5.69 Å². The van der Waals surface area contributed by atoms with Gasteiger partial charge in [0.05, 0.1) is 5.56 Å². The third kappa shape index (κ3) is 4.44. The number of likely N-dealkylation sites (N-methyl/N-ethyl adjacent to an activating group) is 1. The van der Waals surface area contributed by atoms with Gasteiger partial charge in [0.15, 0.2) is 0 Å². The summed E-state index contributed by atoms with van der Waals surface area (Å²) in [4.78, 5) is 1.98. The monoisotopic (exact) mass is 275 g/mol. The van der Waals surface area contributed by atoms with Crippen molar-refractivity contribution < 1.29 is 13.2 Å². The predicted octanol–water partition coefficient (Wildman–Crippen LogP) is 5.14. The number of nitrogens with zero attached hydrogens (tertiary/aromatic N) is 1. The van der Waals surface area contributed by atoms with E-state index in [0.29, 0.717) is 0 Å². The second-order valence-corrected chi connectivity index (χ2v) is 3.67. The number of fused-ring (bicyclic) bond motifs is 1. The Labute approximate surface area is 114 Å². The molecule has 0 fully saturated rings. The molecule has 2 rings (SSSR count). The molecular weight excluding hydrogens is 251 g/mol. The first kappa shape index (κ1) is 17.8. The molecule has 0 unspecified atom stereocenters. The summed E-state index contributed by atoms with van der Waals surface area (Å²) in [7, 11) is 0. The van der Waals surface area contributed by atoms with Gasteiger partial charge in [0.25, 0.3) is 0 Å². The van der Waals surface area contributed by atoms with E-state index in [2.05, 4.69) is 0 Å². The van der Waals surface area contributed by atoms with Crippen LogP contribution in [0.5, 0.6) is 0 Å². The fourth-order valence-corrected chi connectivity index (χ4v) is 1.95. The van der Waals surface area contributed by atoms with Crippen LogP contribution in [-0.4, -0.2) is 13.1 Å². The first-order chi connectivity index (χ1) is 9.02. The number of alkyl halides is 3. The van der Waals surface area contributed by atoms with E-state index in [0.717, 1.165) is 36.8 Å². The summed E-state index contributed by atoms with van der Waals surface area (Å²) < 4.78 is 37.4. The minimum absolute atomic E-state index is 0.554. The van der Waals surface area contributed by atoms with Crippen LogP contribution in [0.15, 0.2) is 18.2 Å². The summed E-state index contributed by atoms with van der Waals surface area (Å²) in [6.07, 6.45) is -3.39. The molecule has 19 heavy (non-hydrogen) atoms. The zero-order valence-electron chi connectivity index (χ0n) is 12.4. The van der Waals surface area contributed by atoms with Gasteiger partial charge in [0.1, 0.15) is 0 Å². The number of halogens is 3. The molecule has 1 nitrogen and oxygen atoms in total. The summed E-state index contributed by atoms with van der Waals surface area (Å²) in [6.45, 7) is 11.5. The molecule has 1 aromatic carbocycles. The zero-order chi connectivity index (χ0) is 15.1. The lowest BCUT2D eigenvalue weighted by atomic mass is 10.1. The van der Waals surface area contributed by atoms with Crippen LogP contribution in [0.1, 0.15) is 45.7 Å². The molecule has 0 aliphatic carbocycles. The highest BCUT2D eigenvalue weighted by atomic mass is 19.4. The Balaban J connectivity index is 0.000000741. The van der Waals surface area contributed by atoms with E-state index in [1.54, 1.807) is 6.07 Å². The van der Waals surface area contributed by atoms with Gasteiger partial charge in [-0.15, -0.1) is 0 Å². The van der Waals surface area contributed by atoms with Crippen LogP contribution in [0.3, 0.4) is 0 Å². The Hall–Kier alpha value is -1.19. The van der Waals surface area contributed by atoms with Crippen LogP contribution >= 0.6 is 0 Å². The summed E-state index contributed by atoms with van der Waals surface area (Å²) in [6, 6.07) is 4.01. The summed E-state index contributed by atoms with van der Waals surface area (Å²) in [5.74, 6) is 0. The van der Waals surface area contributed by atoms with Crippen LogP contribution in [0.4, 0.5) is 18.9 Å². The predicted molar refractivity (Wildman–Crippen MR) is 75.7 cm³/mol. The van der Waals surface area contributed by atoms with E-state index in [1.165, 1.54) is 6.07 Å². The molecule has 0 radical (unpaired) electrons. The second-order valence-electron chi connectivity index (χ2n) is 3.67. The maximum absolute atomic E-state index is 12.5. The minimum Gasteiger partial charge on any atom is -0.371 e. The Bertz CT molecular complexity index is 372. The Kier molecular flexibility index (Phi) is 7.57. The highest BCUT2D eigenvalue weighted by molar-refractivity contribution is 5.59. The lowest BCUT2D eigenvalue weighted by Gasteiger charge is -2.17. The maximum atomic E-state index is 12.5. The lowest BCUT2D eigenvalue weighted by molar-refractivity contribution is -0.137. The molecule has 110 valence electrons. The molecule has 4 heteroatoms. The highest BCUT2D eigenvalue weighted by Gasteiger charge is 2.32. The smallest absolute Gasteiger partial charge is 0.371 e. The second kappa shape index (κ2) is 8.08. The first-order valence-electron chi connectivity index (χ1n) is 6.97. The fraction of sp³-hybridized carbons (Fsp3) is 0.600. The van der Waals surface area contributed by atoms with Crippen LogP contribution in [0.25, 0.3) is 0 Å². The molecule has 0 saturated heterocycles. The lowest BCUT2D eigenvalue weighted by Crippen LogP contribution is -2.19. The third-order valence-corrected chi connectivity index (χ3v) is 2.79. The molecule has 0 aromatic heterocycles. The van der Waals surface area contributed by atoms with Crippen molar-refractivity contribution in [3.63, 3.8) is 0 Å². The molecule has 0 atom stereocenters. The molecule has 1 aliphatic heterocycles. The van der Waals surface area contributed by atoms with Gasteiger partial charge in [0.2, 0.25) is 0 Å². The topological polar surface area (TPSA) is 3.24 Å². The minimum atomic E-state index is -4.24. The SMILES string of the molecule is CC.CC.CCN1CCc2ccc(C(F)(F)F)cc21. The van der Waals surface area contributed by atoms with Gasteiger partial charge in [0, 0.05) is 18.8 Å². The molecule has 1 heterocycles. The van der Waals surface area contributed by atoms with Crippen molar-refractivity contribution in [1.29, 1.82) is 0 Å². The van der Waals surface area contributed by atoms with Crippen molar-refractivity contribution in [1.82, 2.24) is 0 Å². The Morgan fingerprint density at radius 2 is 1.68 bits per heavy atom. The highest BCUT2D eigenvalue weighted by Crippen LogP contribution is 2.35. The largest absolute Gasteiger partial charge is 0.416 e. The number of anilines is 1. The first-order valence-corrected chi connectivity index (χ1v) is 6.97. The quantitative estimate of drug-likeness (QED) is 0.686. The van der Waals surface area contributed by atoms with Crippen LogP contribution < -0.4 is 4.90 Å². The van der Waals surface area contributed by atoms with Crippen molar-refractivity contribution in [3.05, 3.63) is 29.3 Å². The fourth-order valence-electron chi connectivity index (χ4n) is 1.95. The summed E-state index contributed by atoms with van der Waals surface area (Å²) >= 11 is 0. The van der Waals surface area contributed by atoms with Gasteiger partial charge in [-0.25, -0.2) is 0 Å². The van der Waals surface area contributed by atoms with Gasteiger partial charge in [-0.3, -0.25) is 0 Å². The molecular formula is C15H24F3N. The van der Waals surface area contributed by atoms with Crippen LogP contribution in [0.2, 0.25) is 0 Å². The van der Waals surface area contributed by atoms with Crippen molar-refractivity contribution in [2.75, 3.05) is 18.0 Å². The molecule has 1 aliphatic rings. The zero-order valence-corrected chi connectivity index (χ0v) is 12.4. The van der Waals surface area contributed by atoms with E-state index in [4.69, 9.17) is 0 Å². The van der Waals surface area contributed by atoms with Crippen molar-refractivity contribution in [2.24, 2.45) is 0 Å². The summed E-state index contributed by atoms with van der Waals surface area (Å²) in [5, 5.41) is 0. The Morgan fingerprint density at radius 3 is 2.16 bits per heavy atom. The number of hydrogen-bond donors (Lipinski definition) is 0. The van der Waals surface area contributed by atoms with Crippen molar-refractivity contribution in [2.45, 2.75) is 47.2 Å². The average Bonchev–Trinajstić information content (AvgIpc) is 2.84. The average molecular weight is 275 g/mol. The summed E-state index contributed by atoms with van der Waals surface area (Å²) in [5.41, 5.74) is 1.21.